The number of carbonyl (C=O) groups is 1. The highest BCUT2D eigenvalue weighted by molar-refractivity contribution is 8.03. The van der Waals surface area contributed by atoms with Crippen LogP contribution < -0.4 is 11.5 Å². The first-order chi connectivity index (χ1) is 10.9. The molecule has 0 spiro atoms. The lowest BCUT2D eigenvalue weighted by molar-refractivity contribution is -0.115. The van der Waals surface area contributed by atoms with Gasteiger partial charge in [-0.2, -0.15) is 5.26 Å². The first-order valence-electron chi connectivity index (χ1n) is 7.02. The number of aliphatic hydroxyl groups is 1. The van der Waals surface area contributed by atoms with Crippen LogP contribution in [0.3, 0.4) is 0 Å². The number of nitriles is 1. The van der Waals surface area contributed by atoms with E-state index in [0.29, 0.717) is 16.4 Å². The Morgan fingerprint density at radius 1 is 1.48 bits per heavy atom. The molecule has 7 heteroatoms. The van der Waals surface area contributed by atoms with E-state index in [1.54, 1.807) is 6.92 Å². The molecule has 1 fully saturated rings. The van der Waals surface area contributed by atoms with Crippen LogP contribution in [0.25, 0.3) is 0 Å². The van der Waals surface area contributed by atoms with Crippen molar-refractivity contribution in [3.63, 3.8) is 0 Å². The Morgan fingerprint density at radius 2 is 2.13 bits per heavy atom. The van der Waals surface area contributed by atoms with Gasteiger partial charge >= 0.3 is 0 Å². The fraction of sp³-hybridized carbons (Fsp3) is 0.250. The topological polar surface area (TPSA) is 116 Å². The van der Waals surface area contributed by atoms with E-state index < -0.39 is 17.6 Å². The molecule has 2 heterocycles. The SMILES string of the molecule is C[C@@]1(O)CSC2=C(C(N)=O)[C@H](c3ccccc3)C(C#N)=C(N)N21. The number of nitrogens with zero attached hydrogens (tertiary/aromatic N) is 2. The molecule has 0 radical (unpaired) electrons. The summed E-state index contributed by atoms with van der Waals surface area (Å²) in [5, 5.41) is 20.7. The number of carbonyl (C=O) groups excluding carboxylic acids is 1. The Morgan fingerprint density at radius 3 is 2.70 bits per heavy atom. The number of nitrogens with two attached hydrogens (primary N) is 2. The van der Waals surface area contributed by atoms with Gasteiger partial charge < -0.3 is 16.6 Å². The quantitative estimate of drug-likeness (QED) is 0.744. The third-order valence-electron chi connectivity index (χ3n) is 4.01. The number of benzene rings is 1. The Kier molecular flexibility index (Phi) is 3.59. The zero-order valence-electron chi connectivity index (χ0n) is 12.5. The minimum Gasteiger partial charge on any atom is -0.384 e. The molecule has 5 N–H and O–H groups in total. The van der Waals surface area contributed by atoms with Gasteiger partial charge in [0.25, 0.3) is 0 Å². The molecular formula is C16H16N4O2S. The summed E-state index contributed by atoms with van der Waals surface area (Å²) >= 11 is 1.32. The van der Waals surface area contributed by atoms with Gasteiger partial charge in [-0.05, 0) is 12.5 Å². The molecule has 1 saturated heterocycles. The van der Waals surface area contributed by atoms with Crippen LogP contribution in [0.1, 0.15) is 18.4 Å². The van der Waals surface area contributed by atoms with Crippen LogP contribution in [0.2, 0.25) is 0 Å². The first-order valence-corrected chi connectivity index (χ1v) is 8.01. The Balaban J connectivity index is 2.29. The molecule has 1 aromatic rings. The molecule has 1 amide bonds. The molecule has 0 unspecified atom stereocenters. The van der Waals surface area contributed by atoms with E-state index in [9.17, 15) is 15.2 Å². The number of amides is 1. The smallest absolute Gasteiger partial charge is 0.248 e. The van der Waals surface area contributed by atoms with Crippen molar-refractivity contribution < 1.29 is 9.90 Å². The largest absolute Gasteiger partial charge is 0.384 e. The van der Waals surface area contributed by atoms with Gasteiger partial charge in [0.2, 0.25) is 5.91 Å². The summed E-state index contributed by atoms with van der Waals surface area (Å²) in [6, 6.07) is 11.2. The average Bonchev–Trinajstić information content (AvgIpc) is 2.83. The van der Waals surface area contributed by atoms with E-state index in [0.717, 1.165) is 5.56 Å². The van der Waals surface area contributed by atoms with Crippen molar-refractivity contribution in [2.75, 3.05) is 5.75 Å². The lowest BCUT2D eigenvalue weighted by atomic mass is 9.82. The highest BCUT2D eigenvalue weighted by atomic mass is 32.2. The maximum atomic E-state index is 12.1. The number of hydrogen-bond acceptors (Lipinski definition) is 6. The third kappa shape index (κ3) is 2.27. The van der Waals surface area contributed by atoms with Gasteiger partial charge in [-0.1, -0.05) is 30.3 Å². The molecule has 118 valence electrons. The standard InChI is InChI=1S/C16H16N4O2S/c1-16(22)8-23-15-12(14(19)21)11(9-5-3-2-4-6-9)10(7-17)13(18)20(15)16/h2-6,11,22H,8,18H2,1H3,(H2,19,21)/t11-,16-/m1/s1. The minimum atomic E-state index is -1.27. The van der Waals surface area contributed by atoms with Crippen molar-refractivity contribution in [2.45, 2.75) is 18.6 Å². The number of allylic oxidation sites excluding steroid dienone is 1. The van der Waals surface area contributed by atoms with Crippen molar-refractivity contribution >= 4 is 17.7 Å². The molecular weight excluding hydrogens is 312 g/mol. The maximum absolute atomic E-state index is 12.1. The Labute approximate surface area is 138 Å². The average molecular weight is 328 g/mol. The van der Waals surface area contributed by atoms with Gasteiger partial charge in [-0.15, -0.1) is 11.8 Å². The summed E-state index contributed by atoms with van der Waals surface area (Å²) < 4.78 is 0. The van der Waals surface area contributed by atoms with Crippen molar-refractivity contribution in [1.29, 1.82) is 5.26 Å². The molecule has 2 atom stereocenters. The number of fused-ring (bicyclic) bond motifs is 1. The summed E-state index contributed by atoms with van der Waals surface area (Å²) in [4.78, 5) is 13.6. The highest BCUT2D eigenvalue weighted by Gasteiger charge is 2.48. The highest BCUT2D eigenvalue weighted by Crippen LogP contribution is 2.50. The van der Waals surface area contributed by atoms with Crippen LogP contribution in [0.15, 0.2) is 52.3 Å². The van der Waals surface area contributed by atoms with E-state index in [2.05, 4.69) is 6.07 Å². The lowest BCUT2D eigenvalue weighted by Crippen LogP contribution is -2.47. The van der Waals surface area contributed by atoms with Crippen LogP contribution in [0.5, 0.6) is 0 Å². The van der Waals surface area contributed by atoms with Gasteiger partial charge in [0.15, 0.2) is 5.72 Å². The predicted molar refractivity (Wildman–Crippen MR) is 87.2 cm³/mol. The second kappa shape index (κ2) is 5.33. The summed E-state index contributed by atoms with van der Waals surface area (Å²) in [6.07, 6.45) is 0. The van der Waals surface area contributed by atoms with Crippen molar-refractivity contribution in [3.8, 4) is 6.07 Å². The zero-order chi connectivity index (χ0) is 16.8. The second-order valence-electron chi connectivity index (χ2n) is 5.68. The number of primary amides is 1. The monoisotopic (exact) mass is 328 g/mol. The van der Waals surface area contributed by atoms with Gasteiger partial charge in [0, 0.05) is 5.75 Å². The van der Waals surface area contributed by atoms with E-state index in [1.165, 1.54) is 16.7 Å². The number of thioether (sulfide) groups is 1. The lowest BCUT2D eigenvalue weighted by Gasteiger charge is -2.38. The number of hydrogen-bond donors (Lipinski definition) is 3. The molecule has 2 aliphatic heterocycles. The third-order valence-corrected chi connectivity index (χ3v) is 5.38. The second-order valence-corrected chi connectivity index (χ2v) is 6.64. The molecule has 3 rings (SSSR count). The van der Waals surface area contributed by atoms with Crippen LogP contribution in [0, 0.1) is 11.3 Å². The fourth-order valence-electron chi connectivity index (χ4n) is 3.00. The summed E-state index contributed by atoms with van der Waals surface area (Å²) in [6.45, 7) is 1.59. The zero-order valence-corrected chi connectivity index (χ0v) is 13.3. The minimum absolute atomic E-state index is 0.163. The molecule has 0 saturated carbocycles. The van der Waals surface area contributed by atoms with Gasteiger partial charge in [0.05, 0.1) is 28.2 Å². The summed E-state index contributed by atoms with van der Waals surface area (Å²) in [5.74, 6) is -0.743. The normalized spacial score (nSPS) is 27.0. The van der Waals surface area contributed by atoms with Crippen LogP contribution in [-0.4, -0.2) is 27.4 Å². The molecule has 0 aromatic heterocycles. The van der Waals surface area contributed by atoms with Gasteiger partial charge in [0.1, 0.15) is 5.82 Å². The van der Waals surface area contributed by atoms with E-state index in [1.807, 2.05) is 30.3 Å². The van der Waals surface area contributed by atoms with Crippen molar-refractivity contribution in [1.82, 2.24) is 4.90 Å². The van der Waals surface area contributed by atoms with Crippen LogP contribution in [-0.2, 0) is 4.79 Å². The molecule has 6 nitrogen and oxygen atoms in total. The summed E-state index contributed by atoms with van der Waals surface area (Å²) in [7, 11) is 0. The first kappa shape index (κ1) is 15.5. The number of rotatable bonds is 2. The van der Waals surface area contributed by atoms with Gasteiger partial charge in [-0.3, -0.25) is 9.69 Å². The maximum Gasteiger partial charge on any atom is 0.248 e. The molecule has 1 aromatic carbocycles. The van der Waals surface area contributed by atoms with Crippen molar-refractivity contribution in [2.24, 2.45) is 11.5 Å². The van der Waals surface area contributed by atoms with Crippen LogP contribution in [0.4, 0.5) is 0 Å². The Bertz CT molecular complexity index is 777. The van der Waals surface area contributed by atoms with Gasteiger partial charge in [-0.25, -0.2) is 0 Å². The Hall–Kier alpha value is -2.43. The molecule has 0 bridgehead atoms. The van der Waals surface area contributed by atoms with Crippen LogP contribution >= 0.6 is 11.8 Å². The van der Waals surface area contributed by atoms with E-state index >= 15 is 0 Å². The van der Waals surface area contributed by atoms with Crippen molar-refractivity contribution in [3.05, 3.63) is 57.9 Å². The van der Waals surface area contributed by atoms with E-state index in [-0.39, 0.29) is 11.4 Å². The summed E-state index contributed by atoms with van der Waals surface area (Å²) in [5.41, 5.74) is 11.8. The molecule has 23 heavy (non-hydrogen) atoms. The molecule has 2 aliphatic rings. The molecule has 0 aliphatic carbocycles. The predicted octanol–water partition coefficient (Wildman–Crippen LogP) is 0.932. The van der Waals surface area contributed by atoms with E-state index in [4.69, 9.17) is 11.5 Å². The fourth-order valence-corrected chi connectivity index (χ4v) is 4.34.